The van der Waals surface area contributed by atoms with Gasteiger partial charge in [-0.3, -0.25) is 9.52 Å². The zero-order chi connectivity index (χ0) is 20.1. The van der Waals surface area contributed by atoms with Crippen LogP contribution >= 0.6 is 22.9 Å². The number of ether oxygens (including phenoxy) is 1. The van der Waals surface area contributed by atoms with Crippen LogP contribution in [0.4, 0.5) is 5.69 Å². The van der Waals surface area contributed by atoms with Crippen molar-refractivity contribution >= 4 is 50.5 Å². The van der Waals surface area contributed by atoms with Crippen LogP contribution in [0.15, 0.2) is 40.6 Å². The first kappa shape index (κ1) is 20.6. The lowest BCUT2D eigenvalue weighted by Gasteiger charge is -2.13. The Balaban J connectivity index is 1.65. The number of esters is 1. The van der Waals surface area contributed by atoms with E-state index in [0.717, 1.165) is 37.0 Å². The topological polar surface area (TPSA) is 102 Å². The molecule has 10 heteroatoms. The maximum absolute atomic E-state index is 12.5. The highest BCUT2D eigenvalue weighted by atomic mass is 35.5. The largest absolute Gasteiger partial charge is 0.452 e. The zero-order valence-corrected chi connectivity index (χ0v) is 17.2. The minimum atomic E-state index is -3.90. The van der Waals surface area contributed by atoms with E-state index in [1.54, 1.807) is 12.1 Å². The maximum atomic E-state index is 12.5. The Morgan fingerprint density at radius 3 is 2.54 bits per heavy atom. The van der Waals surface area contributed by atoms with Gasteiger partial charge in [0, 0.05) is 6.04 Å². The Bertz CT molecular complexity index is 968. The van der Waals surface area contributed by atoms with Gasteiger partial charge in [0.2, 0.25) is 0 Å². The molecule has 1 fully saturated rings. The fourth-order valence-corrected chi connectivity index (χ4v) is 5.50. The molecule has 0 bridgehead atoms. The molecule has 1 saturated carbocycles. The van der Waals surface area contributed by atoms with E-state index in [0.29, 0.717) is 4.34 Å². The summed E-state index contributed by atoms with van der Waals surface area (Å²) in [7, 11) is -3.90. The van der Waals surface area contributed by atoms with Crippen LogP contribution in [0.5, 0.6) is 0 Å². The average Bonchev–Trinajstić information content (AvgIpc) is 3.32. The summed E-state index contributed by atoms with van der Waals surface area (Å²) in [5, 5.41) is 2.82. The molecule has 0 atom stereocenters. The normalized spacial score (nSPS) is 14.6. The van der Waals surface area contributed by atoms with Gasteiger partial charge in [0.1, 0.15) is 4.21 Å². The third-order valence-electron chi connectivity index (χ3n) is 4.26. The molecule has 2 aromatic rings. The number of hydrogen-bond donors (Lipinski definition) is 2. The second kappa shape index (κ2) is 8.93. The molecule has 0 saturated heterocycles. The van der Waals surface area contributed by atoms with Gasteiger partial charge in [-0.2, -0.15) is 0 Å². The summed E-state index contributed by atoms with van der Waals surface area (Å²) in [5.74, 6) is -1.16. The lowest BCUT2D eigenvalue weighted by molar-refractivity contribution is -0.124. The fourth-order valence-electron chi connectivity index (χ4n) is 2.94. The molecule has 150 valence electrons. The molecule has 1 aromatic heterocycles. The Labute approximate surface area is 172 Å². The molecule has 7 nitrogen and oxygen atoms in total. The number of rotatable bonds is 7. The highest BCUT2D eigenvalue weighted by Crippen LogP contribution is 2.28. The third kappa shape index (κ3) is 5.24. The maximum Gasteiger partial charge on any atom is 0.340 e. The predicted octanol–water partition coefficient (Wildman–Crippen LogP) is 3.42. The van der Waals surface area contributed by atoms with Crippen LogP contribution in [0, 0.1) is 0 Å². The summed E-state index contributed by atoms with van der Waals surface area (Å²) >= 11 is 6.70. The molecule has 28 heavy (non-hydrogen) atoms. The Kier molecular flexibility index (Phi) is 6.58. The lowest BCUT2D eigenvalue weighted by atomic mass is 10.2. The summed E-state index contributed by atoms with van der Waals surface area (Å²) in [5.41, 5.74) is 0.0793. The highest BCUT2D eigenvalue weighted by molar-refractivity contribution is 7.94. The Morgan fingerprint density at radius 1 is 1.14 bits per heavy atom. The average molecular weight is 443 g/mol. The van der Waals surface area contributed by atoms with Crippen molar-refractivity contribution in [2.75, 3.05) is 11.3 Å². The minimum Gasteiger partial charge on any atom is -0.452 e. The molecule has 1 amide bonds. The number of amides is 1. The number of halogens is 1. The summed E-state index contributed by atoms with van der Waals surface area (Å²) in [6.45, 7) is -0.420. The molecule has 0 aliphatic heterocycles. The quantitative estimate of drug-likeness (QED) is 0.640. The number of hydrogen-bond acceptors (Lipinski definition) is 6. The van der Waals surface area contributed by atoms with Crippen molar-refractivity contribution in [2.24, 2.45) is 0 Å². The molecule has 0 spiro atoms. The number of nitrogens with one attached hydrogen (secondary N) is 2. The summed E-state index contributed by atoms with van der Waals surface area (Å²) in [6, 6.07) is 9.02. The number of sulfonamides is 1. The van der Waals surface area contributed by atoms with Gasteiger partial charge in [-0.1, -0.05) is 36.6 Å². The molecule has 0 radical (unpaired) electrons. The van der Waals surface area contributed by atoms with Crippen molar-refractivity contribution in [2.45, 2.75) is 35.9 Å². The van der Waals surface area contributed by atoms with Crippen molar-refractivity contribution in [1.29, 1.82) is 0 Å². The third-order valence-corrected chi connectivity index (χ3v) is 7.35. The summed E-state index contributed by atoms with van der Waals surface area (Å²) in [4.78, 5) is 24.3. The molecule has 1 aromatic carbocycles. The number of anilines is 1. The lowest BCUT2D eigenvalue weighted by Crippen LogP contribution is -2.36. The van der Waals surface area contributed by atoms with Crippen molar-refractivity contribution in [1.82, 2.24) is 5.32 Å². The summed E-state index contributed by atoms with van der Waals surface area (Å²) < 4.78 is 32.7. The number of carbonyl (C=O) groups excluding carboxylic acids is 2. The molecule has 1 aliphatic carbocycles. The van der Waals surface area contributed by atoms with Gasteiger partial charge in [0.25, 0.3) is 15.9 Å². The molecule has 3 rings (SSSR count). The van der Waals surface area contributed by atoms with E-state index in [1.165, 1.54) is 24.3 Å². The van der Waals surface area contributed by atoms with E-state index in [1.807, 2.05) is 0 Å². The van der Waals surface area contributed by atoms with Crippen molar-refractivity contribution < 1.29 is 22.7 Å². The molecule has 0 unspecified atom stereocenters. The predicted molar refractivity (Wildman–Crippen MR) is 107 cm³/mol. The van der Waals surface area contributed by atoms with Gasteiger partial charge >= 0.3 is 5.97 Å². The van der Waals surface area contributed by atoms with Gasteiger partial charge in [0.05, 0.1) is 15.6 Å². The van der Waals surface area contributed by atoms with Crippen molar-refractivity contribution in [3.8, 4) is 0 Å². The van der Waals surface area contributed by atoms with E-state index in [-0.39, 0.29) is 27.4 Å². The molecular weight excluding hydrogens is 424 g/mol. The number of para-hydroxylation sites is 1. The van der Waals surface area contributed by atoms with Crippen LogP contribution in [0.3, 0.4) is 0 Å². The van der Waals surface area contributed by atoms with Gasteiger partial charge in [-0.25, -0.2) is 13.2 Å². The summed E-state index contributed by atoms with van der Waals surface area (Å²) in [6.07, 6.45) is 4.01. The first-order valence-electron chi connectivity index (χ1n) is 8.69. The van der Waals surface area contributed by atoms with E-state index in [4.69, 9.17) is 16.3 Å². The SMILES string of the molecule is O=C(COC(=O)c1ccccc1NS(=O)(=O)c1ccc(Cl)s1)NC1CCCC1. The first-order valence-corrected chi connectivity index (χ1v) is 11.4. The smallest absolute Gasteiger partial charge is 0.340 e. The monoisotopic (exact) mass is 442 g/mol. The molecular formula is C18H19ClN2O5S2. The second-order valence-electron chi connectivity index (χ2n) is 6.33. The van der Waals surface area contributed by atoms with E-state index >= 15 is 0 Å². The van der Waals surface area contributed by atoms with Gasteiger partial charge < -0.3 is 10.1 Å². The number of carbonyl (C=O) groups is 2. The van der Waals surface area contributed by atoms with Gasteiger partial charge in [-0.05, 0) is 37.1 Å². The Morgan fingerprint density at radius 2 is 1.86 bits per heavy atom. The van der Waals surface area contributed by atoms with Crippen LogP contribution in [-0.4, -0.2) is 32.9 Å². The van der Waals surface area contributed by atoms with Crippen molar-refractivity contribution in [3.63, 3.8) is 0 Å². The van der Waals surface area contributed by atoms with Gasteiger partial charge in [0.15, 0.2) is 6.61 Å². The number of thiophene rings is 1. The second-order valence-corrected chi connectivity index (χ2v) is 9.96. The molecule has 1 aliphatic rings. The van der Waals surface area contributed by atoms with Crippen LogP contribution in [-0.2, 0) is 19.6 Å². The van der Waals surface area contributed by atoms with E-state index in [9.17, 15) is 18.0 Å². The van der Waals surface area contributed by atoms with Crippen LogP contribution in [0.2, 0.25) is 4.34 Å². The number of benzene rings is 1. The van der Waals surface area contributed by atoms with Crippen LogP contribution in [0.25, 0.3) is 0 Å². The zero-order valence-electron chi connectivity index (χ0n) is 14.8. The van der Waals surface area contributed by atoms with Crippen molar-refractivity contribution in [3.05, 3.63) is 46.3 Å². The van der Waals surface area contributed by atoms with Crippen LogP contribution in [0.1, 0.15) is 36.0 Å². The molecule has 1 heterocycles. The minimum absolute atomic E-state index is 0.0161. The Hall–Kier alpha value is -2.10. The van der Waals surface area contributed by atoms with E-state index in [2.05, 4.69) is 10.0 Å². The van der Waals surface area contributed by atoms with Crippen LogP contribution < -0.4 is 10.0 Å². The molecule has 2 N–H and O–H groups in total. The first-order chi connectivity index (χ1) is 13.3. The van der Waals surface area contributed by atoms with Gasteiger partial charge in [-0.15, -0.1) is 11.3 Å². The van der Waals surface area contributed by atoms with E-state index < -0.39 is 22.6 Å². The highest BCUT2D eigenvalue weighted by Gasteiger charge is 2.22. The standard InChI is InChI=1S/C18H19ClN2O5S2/c19-15-9-10-17(27-15)28(24,25)21-14-8-4-3-7-13(14)18(23)26-11-16(22)20-12-5-1-2-6-12/h3-4,7-10,12,21H,1-2,5-6,11H2,(H,20,22). The fraction of sp³-hybridized carbons (Fsp3) is 0.333.